The number of nitrogens with zero attached hydrogens (tertiary/aromatic N) is 2. The van der Waals surface area contributed by atoms with Crippen molar-refractivity contribution < 1.29 is 4.74 Å². The Morgan fingerprint density at radius 2 is 2.47 bits per heavy atom. The molecule has 1 rings (SSSR count). The van der Waals surface area contributed by atoms with Gasteiger partial charge in [0, 0.05) is 31.9 Å². The van der Waals surface area contributed by atoms with Gasteiger partial charge < -0.3 is 10.1 Å². The van der Waals surface area contributed by atoms with E-state index in [0.717, 1.165) is 32.7 Å². The number of ether oxygens (including phenoxy) is 1. The monoisotopic (exact) mass is 209 g/mol. The number of nitrogens with one attached hydrogen (secondary N) is 1. The molecule has 1 aromatic rings. The van der Waals surface area contributed by atoms with Gasteiger partial charge in [-0.2, -0.15) is 5.10 Å². The molecule has 1 heterocycles. The van der Waals surface area contributed by atoms with E-state index in [9.17, 15) is 0 Å². The van der Waals surface area contributed by atoms with Crippen LogP contribution in [0.3, 0.4) is 0 Å². The van der Waals surface area contributed by atoms with E-state index in [0.29, 0.717) is 0 Å². The van der Waals surface area contributed by atoms with Crippen molar-refractivity contribution in [2.45, 2.75) is 13.0 Å². The van der Waals surface area contributed by atoms with Crippen LogP contribution >= 0.6 is 0 Å². The molecule has 84 valence electrons. The van der Waals surface area contributed by atoms with Crippen molar-refractivity contribution in [2.24, 2.45) is 7.05 Å². The first kappa shape index (κ1) is 11.9. The fourth-order valence-corrected chi connectivity index (χ4v) is 1.21. The van der Waals surface area contributed by atoms with E-state index < -0.39 is 0 Å². The Kier molecular flexibility index (Phi) is 5.73. The van der Waals surface area contributed by atoms with Crippen LogP contribution in [0.25, 0.3) is 0 Å². The summed E-state index contributed by atoms with van der Waals surface area (Å²) in [6, 6.07) is 0. The van der Waals surface area contributed by atoms with Crippen LogP contribution < -0.4 is 5.32 Å². The number of hydrogen-bond acceptors (Lipinski definition) is 3. The molecule has 0 spiro atoms. The van der Waals surface area contributed by atoms with Crippen LogP contribution in [0.5, 0.6) is 0 Å². The SMILES string of the molecule is C=CCCOCCNCc1cnn(C)c1. The highest BCUT2D eigenvalue weighted by atomic mass is 16.5. The Bertz CT molecular complexity index is 283. The van der Waals surface area contributed by atoms with Gasteiger partial charge in [0.05, 0.1) is 19.4 Å². The van der Waals surface area contributed by atoms with Gasteiger partial charge >= 0.3 is 0 Å². The zero-order chi connectivity index (χ0) is 10.9. The van der Waals surface area contributed by atoms with Crippen LogP contribution in [0.15, 0.2) is 25.0 Å². The minimum Gasteiger partial charge on any atom is -0.380 e. The Morgan fingerprint density at radius 1 is 1.60 bits per heavy atom. The van der Waals surface area contributed by atoms with Gasteiger partial charge in [-0.15, -0.1) is 6.58 Å². The van der Waals surface area contributed by atoms with Gasteiger partial charge in [-0.1, -0.05) is 6.08 Å². The van der Waals surface area contributed by atoms with E-state index in [4.69, 9.17) is 4.74 Å². The largest absolute Gasteiger partial charge is 0.380 e. The maximum Gasteiger partial charge on any atom is 0.0591 e. The van der Waals surface area contributed by atoms with E-state index in [-0.39, 0.29) is 0 Å². The van der Waals surface area contributed by atoms with E-state index in [2.05, 4.69) is 17.0 Å². The van der Waals surface area contributed by atoms with Crippen LogP contribution in [-0.4, -0.2) is 29.5 Å². The number of rotatable bonds is 8. The van der Waals surface area contributed by atoms with Gasteiger partial charge in [0.15, 0.2) is 0 Å². The van der Waals surface area contributed by atoms with Crippen LogP contribution in [0, 0.1) is 0 Å². The molecule has 0 unspecified atom stereocenters. The fraction of sp³-hybridized carbons (Fsp3) is 0.545. The highest BCUT2D eigenvalue weighted by molar-refractivity contribution is 5.02. The van der Waals surface area contributed by atoms with Crippen molar-refractivity contribution >= 4 is 0 Å². The Hall–Kier alpha value is -1.13. The molecule has 0 aliphatic heterocycles. The second-order valence-electron chi connectivity index (χ2n) is 3.39. The molecule has 4 nitrogen and oxygen atoms in total. The van der Waals surface area contributed by atoms with Gasteiger partial charge in [-0.05, 0) is 6.42 Å². The second kappa shape index (κ2) is 7.20. The Morgan fingerprint density at radius 3 is 3.13 bits per heavy atom. The molecule has 4 heteroatoms. The summed E-state index contributed by atoms with van der Waals surface area (Å²) < 4.78 is 7.17. The Labute approximate surface area is 90.9 Å². The summed E-state index contributed by atoms with van der Waals surface area (Å²) in [5.41, 5.74) is 1.20. The molecule has 0 aliphatic rings. The van der Waals surface area contributed by atoms with Gasteiger partial charge in [-0.3, -0.25) is 4.68 Å². The summed E-state index contributed by atoms with van der Waals surface area (Å²) >= 11 is 0. The average molecular weight is 209 g/mol. The topological polar surface area (TPSA) is 39.1 Å². The standard InChI is InChI=1S/C11H19N3O/c1-3-4-6-15-7-5-12-8-11-9-13-14(2)10-11/h3,9-10,12H,1,4-8H2,2H3. The molecule has 0 fully saturated rings. The first-order valence-electron chi connectivity index (χ1n) is 5.20. The lowest BCUT2D eigenvalue weighted by atomic mass is 10.3. The van der Waals surface area contributed by atoms with Gasteiger partial charge in [0.2, 0.25) is 0 Å². The number of hydrogen-bond donors (Lipinski definition) is 1. The fourth-order valence-electron chi connectivity index (χ4n) is 1.21. The molecule has 0 saturated carbocycles. The lowest BCUT2D eigenvalue weighted by molar-refractivity contribution is 0.140. The third-order valence-corrected chi connectivity index (χ3v) is 1.98. The smallest absolute Gasteiger partial charge is 0.0591 e. The molecular weight excluding hydrogens is 190 g/mol. The minimum atomic E-state index is 0.744. The van der Waals surface area contributed by atoms with Crippen molar-refractivity contribution in [3.8, 4) is 0 Å². The first-order valence-corrected chi connectivity index (χ1v) is 5.20. The minimum absolute atomic E-state index is 0.744. The van der Waals surface area contributed by atoms with Crippen LogP contribution in [-0.2, 0) is 18.3 Å². The molecule has 0 bridgehead atoms. The van der Waals surface area contributed by atoms with E-state index in [1.807, 2.05) is 25.5 Å². The summed E-state index contributed by atoms with van der Waals surface area (Å²) in [5, 5.41) is 7.38. The average Bonchev–Trinajstić information content (AvgIpc) is 2.63. The molecule has 0 aliphatic carbocycles. The third-order valence-electron chi connectivity index (χ3n) is 1.98. The predicted molar refractivity (Wildman–Crippen MR) is 60.5 cm³/mol. The molecule has 0 atom stereocenters. The highest BCUT2D eigenvalue weighted by Gasteiger charge is 1.94. The van der Waals surface area contributed by atoms with Crippen LogP contribution in [0.1, 0.15) is 12.0 Å². The van der Waals surface area contributed by atoms with Gasteiger partial charge in [0.1, 0.15) is 0 Å². The molecule has 0 amide bonds. The number of aryl methyl sites for hydroxylation is 1. The third kappa shape index (κ3) is 5.34. The summed E-state index contributed by atoms with van der Waals surface area (Å²) in [7, 11) is 1.92. The summed E-state index contributed by atoms with van der Waals surface area (Å²) in [6.45, 7) is 6.85. The summed E-state index contributed by atoms with van der Waals surface area (Å²) in [4.78, 5) is 0. The van der Waals surface area contributed by atoms with E-state index >= 15 is 0 Å². The predicted octanol–water partition coefficient (Wildman–Crippen LogP) is 1.10. The summed E-state index contributed by atoms with van der Waals surface area (Å²) in [5.74, 6) is 0. The highest BCUT2D eigenvalue weighted by Crippen LogP contribution is 1.94. The van der Waals surface area contributed by atoms with E-state index in [1.165, 1.54) is 5.56 Å². The maximum absolute atomic E-state index is 5.36. The lowest BCUT2D eigenvalue weighted by Gasteiger charge is -2.03. The molecule has 15 heavy (non-hydrogen) atoms. The van der Waals surface area contributed by atoms with Crippen molar-refractivity contribution in [1.82, 2.24) is 15.1 Å². The van der Waals surface area contributed by atoms with Gasteiger partial charge in [-0.25, -0.2) is 0 Å². The van der Waals surface area contributed by atoms with Crippen LogP contribution in [0.2, 0.25) is 0 Å². The molecule has 1 aromatic heterocycles. The molecule has 0 aromatic carbocycles. The molecule has 0 saturated heterocycles. The molecule has 1 N–H and O–H groups in total. The lowest BCUT2D eigenvalue weighted by Crippen LogP contribution is -2.19. The zero-order valence-corrected chi connectivity index (χ0v) is 9.28. The Balaban J connectivity index is 1.95. The first-order chi connectivity index (χ1) is 7.33. The van der Waals surface area contributed by atoms with Crippen molar-refractivity contribution in [1.29, 1.82) is 0 Å². The van der Waals surface area contributed by atoms with Crippen molar-refractivity contribution in [3.05, 3.63) is 30.6 Å². The normalized spacial score (nSPS) is 10.5. The van der Waals surface area contributed by atoms with Crippen LogP contribution in [0.4, 0.5) is 0 Å². The van der Waals surface area contributed by atoms with Crippen molar-refractivity contribution in [3.63, 3.8) is 0 Å². The molecule has 0 radical (unpaired) electrons. The zero-order valence-electron chi connectivity index (χ0n) is 9.28. The molecular formula is C11H19N3O. The summed E-state index contributed by atoms with van der Waals surface area (Å²) in [6.07, 6.45) is 6.66. The quantitative estimate of drug-likeness (QED) is 0.515. The van der Waals surface area contributed by atoms with Gasteiger partial charge in [0.25, 0.3) is 0 Å². The van der Waals surface area contributed by atoms with Crippen molar-refractivity contribution in [2.75, 3.05) is 19.8 Å². The maximum atomic E-state index is 5.36. The number of aromatic nitrogens is 2. The van der Waals surface area contributed by atoms with E-state index in [1.54, 1.807) is 4.68 Å². The second-order valence-corrected chi connectivity index (χ2v) is 3.39.